The molecule has 0 saturated carbocycles. The fourth-order valence-electron chi connectivity index (χ4n) is 4.01. The fourth-order valence-corrected chi connectivity index (χ4v) is 9.33. The van der Waals surface area contributed by atoms with Gasteiger partial charge in [-0.15, -0.1) is 0 Å². The summed E-state index contributed by atoms with van der Waals surface area (Å²) in [4.78, 5) is 11.6. The van der Waals surface area contributed by atoms with Crippen LogP contribution in [0.3, 0.4) is 0 Å². The van der Waals surface area contributed by atoms with Gasteiger partial charge in [-0.3, -0.25) is 0 Å². The summed E-state index contributed by atoms with van der Waals surface area (Å²) in [6.45, 7) is 27.3. The summed E-state index contributed by atoms with van der Waals surface area (Å²) in [6.07, 6.45) is 1.02. The number of carbonyl (C=O) groups excluding carboxylic acids is 1. The van der Waals surface area contributed by atoms with Gasteiger partial charge in [0.05, 0.1) is 12.2 Å². The molecule has 1 aliphatic heterocycles. The Kier molecular flexibility index (Phi) is 8.75. The summed E-state index contributed by atoms with van der Waals surface area (Å²) in [5.41, 5.74) is 0.662. The minimum Gasteiger partial charge on any atom is -0.416 e. The van der Waals surface area contributed by atoms with Crippen LogP contribution >= 0.6 is 0 Å². The molecular formula is C22H46O4Si2. The Morgan fingerprint density at radius 2 is 1.46 bits per heavy atom. The Bertz CT molecular complexity index is 505. The van der Waals surface area contributed by atoms with Crippen LogP contribution in [-0.4, -0.2) is 42.0 Å². The molecule has 0 N–H and O–H groups in total. The van der Waals surface area contributed by atoms with Crippen molar-refractivity contribution in [2.45, 2.75) is 111 Å². The molecule has 0 spiro atoms. The minimum atomic E-state index is -2.46. The standard InChI is InChI=1S/C22H46O4Si2/c1-15(2)28(16(3)4)25-20(17(5)13-23)19(7)21(26-28)18(6)14-24-27(11,12)22(8,9)10/h13,15-21H,14H2,1-12H3/t17-,18+,19-,20+,21-/m1/s1. The first-order chi connectivity index (χ1) is 12.6. The van der Waals surface area contributed by atoms with Crippen molar-refractivity contribution in [1.82, 2.24) is 0 Å². The molecule has 4 nitrogen and oxygen atoms in total. The molecule has 1 fully saturated rings. The predicted molar refractivity (Wildman–Crippen MR) is 122 cm³/mol. The Hall–Kier alpha value is -0.0162. The summed E-state index contributed by atoms with van der Waals surface area (Å²) in [7, 11) is -4.27. The Morgan fingerprint density at radius 3 is 1.86 bits per heavy atom. The van der Waals surface area contributed by atoms with Crippen LogP contribution in [0.25, 0.3) is 0 Å². The third-order valence-corrected chi connectivity index (χ3v) is 16.1. The zero-order valence-corrected chi connectivity index (χ0v) is 22.5. The number of aldehydes is 1. The smallest absolute Gasteiger partial charge is 0.343 e. The summed E-state index contributed by atoms with van der Waals surface area (Å²) in [5, 5.41) is 0.192. The van der Waals surface area contributed by atoms with Crippen molar-refractivity contribution in [2.75, 3.05) is 6.61 Å². The normalized spacial score (nSPS) is 28.4. The third kappa shape index (κ3) is 5.36. The van der Waals surface area contributed by atoms with Gasteiger partial charge >= 0.3 is 8.56 Å². The van der Waals surface area contributed by atoms with Gasteiger partial charge in [-0.1, -0.05) is 69.2 Å². The quantitative estimate of drug-likeness (QED) is 0.341. The fraction of sp³-hybridized carbons (Fsp3) is 0.955. The van der Waals surface area contributed by atoms with Crippen LogP contribution in [0.4, 0.5) is 0 Å². The molecule has 166 valence electrons. The van der Waals surface area contributed by atoms with Crippen molar-refractivity contribution in [3.63, 3.8) is 0 Å². The first-order valence-electron chi connectivity index (χ1n) is 11.1. The molecule has 0 aromatic rings. The van der Waals surface area contributed by atoms with E-state index in [-0.39, 0.29) is 35.0 Å². The third-order valence-electron chi connectivity index (χ3n) is 7.09. The van der Waals surface area contributed by atoms with E-state index in [1.807, 2.05) is 6.92 Å². The number of carbonyl (C=O) groups is 1. The van der Waals surface area contributed by atoms with Crippen molar-refractivity contribution < 1.29 is 18.1 Å². The molecule has 0 aromatic heterocycles. The topological polar surface area (TPSA) is 44.8 Å². The van der Waals surface area contributed by atoms with Crippen molar-refractivity contribution in [3.05, 3.63) is 0 Å². The second-order valence-electron chi connectivity index (χ2n) is 11.1. The molecule has 0 bridgehead atoms. The van der Waals surface area contributed by atoms with Gasteiger partial charge in [0.1, 0.15) is 6.29 Å². The SMILES string of the molecule is CC(C)[Si]1(C(C)C)O[C@@H]([C@H](C)C=O)[C@@H](C)[C@@H]([C@@H](C)CO[Si](C)(C)C(C)(C)C)O1. The van der Waals surface area contributed by atoms with Crippen molar-refractivity contribution in [3.8, 4) is 0 Å². The molecule has 1 aliphatic rings. The van der Waals surface area contributed by atoms with Gasteiger partial charge in [-0.05, 0) is 29.2 Å². The highest BCUT2D eigenvalue weighted by molar-refractivity contribution is 6.74. The maximum atomic E-state index is 11.6. The molecule has 6 heteroatoms. The summed E-state index contributed by atoms with van der Waals surface area (Å²) < 4.78 is 20.1. The molecule has 0 amide bonds. The zero-order chi connectivity index (χ0) is 22.1. The number of hydrogen-bond donors (Lipinski definition) is 0. The molecule has 0 unspecified atom stereocenters. The monoisotopic (exact) mass is 430 g/mol. The van der Waals surface area contributed by atoms with Crippen LogP contribution in [0.15, 0.2) is 0 Å². The molecule has 1 saturated heterocycles. The highest BCUT2D eigenvalue weighted by Crippen LogP contribution is 2.45. The molecule has 5 atom stereocenters. The van der Waals surface area contributed by atoms with E-state index in [1.165, 1.54) is 0 Å². The average Bonchev–Trinajstić information content (AvgIpc) is 2.57. The van der Waals surface area contributed by atoms with E-state index in [1.54, 1.807) is 0 Å². The Labute approximate surface area is 176 Å². The van der Waals surface area contributed by atoms with Gasteiger partial charge in [-0.25, -0.2) is 0 Å². The molecule has 28 heavy (non-hydrogen) atoms. The summed E-state index contributed by atoms with van der Waals surface area (Å²) in [5.74, 6) is 0.300. The highest BCUT2D eigenvalue weighted by Gasteiger charge is 2.55. The van der Waals surface area contributed by atoms with Gasteiger partial charge in [0.15, 0.2) is 8.32 Å². The lowest BCUT2D eigenvalue weighted by Crippen LogP contribution is -2.63. The summed E-state index contributed by atoms with van der Waals surface area (Å²) in [6, 6.07) is 0. The van der Waals surface area contributed by atoms with E-state index in [0.29, 0.717) is 17.7 Å². The molecule has 1 heterocycles. The van der Waals surface area contributed by atoms with Gasteiger partial charge in [0.2, 0.25) is 0 Å². The van der Waals surface area contributed by atoms with Gasteiger partial charge in [0, 0.05) is 24.4 Å². The van der Waals surface area contributed by atoms with E-state index < -0.39 is 16.9 Å². The molecule has 0 radical (unpaired) electrons. The molecular weight excluding hydrogens is 384 g/mol. The van der Waals surface area contributed by atoms with E-state index in [2.05, 4.69) is 75.4 Å². The summed E-state index contributed by atoms with van der Waals surface area (Å²) >= 11 is 0. The molecule has 1 rings (SSSR count). The van der Waals surface area contributed by atoms with E-state index >= 15 is 0 Å². The maximum absolute atomic E-state index is 11.6. The van der Waals surface area contributed by atoms with Crippen molar-refractivity contribution >= 4 is 23.2 Å². The Morgan fingerprint density at radius 1 is 1.00 bits per heavy atom. The predicted octanol–water partition coefficient (Wildman–Crippen LogP) is 6.16. The van der Waals surface area contributed by atoms with Crippen LogP contribution in [-0.2, 0) is 18.1 Å². The van der Waals surface area contributed by atoms with Crippen LogP contribution in [0.5, 0.6) is 0 Å². The van der Waals surface area contributed by atoms with E-state index in [9.17, 15) is 4.79 Å². The number of hydrogen-bond acceptors (Lipinski definition) is 4. The molecule has 0 aliphatic carbocycles. The lowest BCUT2D eigenvalue weighted by molar-refractivity contribution is -0.124. The lowest BCUT2D eigenvalue weighted by Gasteiger charge is -2.53. The van der Waals surface area contributed by atoms with E-state index in [0.717, 1.165) is 6.29 Å². The largest absolute Gasteiger partial charge is 0.416 e. The zero-order valence-electron chi connectivity index (χ0n) is 20.5. The second-order valence-corrected chi connectivity index (χ2v) is 20.1. The Balaban J connectivity index is 3.14. The number of rotatable bonds is 8. The van der Waals surface area contributed by atoms with Crippen LogP contribution in [0.2, 0.25) is 29.2 Å². The van der Waals surface area contributed by atoms with E-state index in [4.69, 9.17) is 13.3 Å². The van der Waals surface area contributed by atoms with Crippen LogP contribution in [0.1, 0.15) is 69.2 Å². The lowest BCUT2D eigenvalue weighted by atomic mass is 9.85. The second kappa shape index (κ2) is 9.42. The molecule has 0 aromatic carbocycles. The highest BCUT2D eigenvalue weighted by atomic mass is 28.4. The average molecular weight is 431 g/mol. The van der Waals surface area contributed by atoms with Gasteiger partial charge in [-0.2, -0.15) is 0 Å². The van der Waals surface area contributed by atoms with Crippen LogP contribution < -0.4 is 0 Å². The van der Waals surface area contributed by atoms with Crippen molar-refractivity contribution in [1.29, 1.82) is 0 Å². The maximum Gasteiger partial charge on any atom is 0.343 e. The first-order valence-corrected chi connectivity index (χ1v) is 15.9. The first kappa shape index (κ1) is 26.0. The minimum absolute atomic E-state index is 0.0578. The van der Waals surface area contributed by atoms with Crippen LogP contribution in [0, 0.1) is 17.8 Å². The van der Waals surface area contributed by atoms with Crippen molar-refractivity contribution in [2.24, 2.45) is 17.8 Å². The van der Waals surface area contributed by atoms with Gasteiger partial charge < -0.3 is 18.1 Å². The van der Waals surface area contributed by atoms with Gasteiger partial charge in [0.25, 0.3) is 0 Å².